The van der Waals surface area contributed by atoms with Gasteiger partial charge in [0.15, 0.2) is 5.78 Å². The zero-order valence-corrected chi connectivity index (χ0v) is 15.7. The van der Waals surface area contributed by atoms with Crippen LogP contribution in [0.25, 0.3) is 0 Å². The zero-order chi connectivity index (χ0) is 17.9. The standard InChI is InChI=1S/C24H22OS/c1-17-11-13-19(14-12-17)24(26-20-8-3-2-4-9-20)22-16-15-18-7-5-6-10-21(18)23(22)25/h2-14,22,24H,15-16H2,1H3/t22-,24-/m0/s1. The Kier molecular flexibility index (Phi) is 4.94. The molecule has 0 aromatic heterocycles. The number of fused-ring (bicyclic) bond motifs is 1. The molecule has 0 fully saturated rings. The SMILES string of the molecule is Cc1ccc([C@H](Sc2ccccc2)[C@H]2CCc3ccccc3C2=O)cc1. The van der Waals surface area contributed by atoms with E-state index in [-0.39, 0.29) is 11.2 Å². The molecule has 0 amide bonds. The molecule has 0 heterocycles. The molecule has 130 valence electrons. The van der Waals surface area contributed by atoms with Crippen LogP contribution in [0.3, 0.4) is 0 Å². The molecule has 2 heteroatoms. The predicted octanol–water partition coefficient (Wildman–Crippen LogP) is 6.27. The van der Waals surface area contributed by atoms with Gasteiger partial charge in [-0.3, -0.25) is 4.79 Å². The molecular formula is C24H22OS. The monoisotopic (exact) mass is 358 g/mol. The average molecular weight is 359 g/mol. The molecular weight excluding hydrogens is 336 g/mol. The highest BCUT2D eigenvalue weighted by atomic mass is 32.2. The summed E-state index contributed by atoms with van der Waals surface area (Å²) in [5.41, 5.74) is 4.59. The lowest BCUT2D eigenvalue weighted by molar-refractivity contribution is 0.0899. The maximum Gasteiger partial charge on any atom is 0.167 e. The molecule has 0 saturated heterocycles. The summed E-state index contributed by atoms with van der Waals surface area (Å²) >= 11 is 1.81. The lowest BCUT2D eigenvalue weighted by Crippen LogP contribution is -2.27. The van der Waals surface area contributed by atoms with Crippen LogP contribution in [-0.4, -0.2) is 5.78 Å². The van der Waals surface area contributed by atoms with Crippen LogP contribution in [0.2, 0.25) is 0 Å². The fraction of sp³-hybridized carbons (Fsp3) is 0.208. The highest BCUT2D eigenvalue weighted by Gasteiger charge is 2.34. The lowest BCUT2D eigenvalue weighted by atomic mass is 9.79. The van der Waals surface area contributed by atoms with Crippen molar-refractivity contribution in [2.75, 3.05) is 0 Å². The highest BCUT2D eigenvalue weighted by Crippen LogP contribution is 2.45. The van der Waals surface area contributed by atoms with E-state index in [1.807, 2.05) is 36.0 Å². The predicted molar refractivity (Wildman–Crippen MR) is 109 cm³/mol. The highest BCUT2D eigenvalue weighted by molar-refractivity contribution is 7.99. The van der Waals surface area contributed by atoms with Crippen LogP contribution >= 0.6 is 11.8 Å². The number of rotatable bonds is 4. The van der Waals surface area contributed by atoms with Crippen LogP contribution in [0.4, 0.5) is 0 Å². The summed E-state index contributed by atoms with van der Waals surface area (Å²) in [5, 5.41) is 0.138. The van der Waals surface area contributed by atoms with Gasteiger partial charge in [0.05, 0.1) is 0 Å². The third kappa shape index (κ3) is 3.47. The summed E-state index contributed by atoms with van der Waals surface area (Å²) < 4.78 is 0. The summed E-state index contributed by atoms with van der Waals surface area (Å²) in [6, 6.07) is 27.2. The van der Waals surface area contributed by atoms with Gasteiger partial charge in [-0.1, -0.05) is 72.3 Å². The Bertz CT molecular complexity index is 899. The molecule has 1 aliphatic rings. The van der Waals surface area contributed by atoms with Gasteiger partial charge in [-0.2, -0.15) is 0 Å². The summed E-state index contributed by atoms with van der Waals surface area (Å²) in [4.78, 5) is 14.5. The second kappa shape index (κ2) is 7.51. The van der Waals surface area contributed by atoms with E-state index in [0.717, 1.165) is 18.4 Å². The normalized spacial score (nSPS) is 17.6. The van der Waals surface area contributed by atoms with Gasteiger partial charge in [0, 0.05) is 21.6 Å². The van der Waals surface area contributed by atoms with Crippen molar-refractivity contribution in [1.29, 1.82) is 0 Å². The van der Waals surface area contributed by atoms with E-state index in [2.05, 4.69) is 61.5 Å². The van der Waals surface area contributed by atoms with Crippen LogP contribution in [0.5, 0.6) is 0 Å². The van der Waals surface area contributed by atoms with Crippen molar-refractivity contribution in [3.63, 3.8) is 0 Å². The number of benzene rings is 3. The van der Waals surface area contributed by atoms with Gasteiger partial charge in [-0.25, -0.2) is 0 Å². The van der Waals surface area contributed by atoms with Crippen molar-refractivity contribution in [3.8, 4) is 0 Å². The molecule has 0 radical (unpaired) electrons. The minimum Gasteiger partial charge on any atom is -0.294 e. The molecule has 0 saturated carbocycles. The zero-order valence-electron chi connectivity index (χ0n) is 14.9. The van der Waals surface area contributed by atoms with Gasteiger partial charge in [0.1, 0.15) is 0 Å². The fourth-order valence-electron chi connectivity index (χ4n) is 3.69. The van der Waals surface area contributed by atoms with E-state index in [1.165, 1.54) is 21.6 Å². The molecule has 3 aromatic carbocycles. The van der Waals surface area contributed by atoms with Crippen molar-refractivity contribution >= 4 is 17.5 Å². The molecule has 3 aromatic rings. The smallest absolute Gasteiger partial charge is 0.167 e. The Balaban J connectivity index is 1.71. The molecule has 0 unspecified atom stereocenters. The maximum absolute atomic E-state index is 13.3. The van der Waals surface area contributed by atoms with Crippen LogP contribution in [-0.2, 0) is 6.42 Å². The second-order valence-electron chi connectivity index (χ2n) is 6.93. The van der Waals surface area contributed by atoms with Crippen LogP contribution in [0.1, 0.15) is 38.7 Å². The number of thioether (sulfide) groups is 1. The summed E-state index contributed by atoms with van der Waals surface area (Å²) in [5.74, 6) is 0.304. The second-order valence-corrected chi connectivity index (χ2v) is 8.14. The van der Waals surface area contributed by atoms with Crippen molar-refractivity contribution in [1.82, 2.24) is 0 Å². The van der Waals surface area contributed by atoms with Gasteiger partial charge >= 0.3 is 0 Å². The van der Waals surface area contributed by atoms with Crippen LogP contribution < -0.4 is 0 Å². The third-order valence-corrected chi connectivity index (χ3v) is 6.52. The minimum atomic E-state index is 0.0119. The van der Waals surface area contributed by atoms with Crippen molar-refractivity contribution in [3.05, 3.63) is 101 Å². The summed E-state index contributed by atoms with van der Waals surface area (Å²) in [7, 11) is 0. The number of hydrogen-bond acceptors (Lipinski definition) is 2. The Morgan fingerprint density at radius 2 is 1.58 bits per heavy atom. The summed E-state index contributed by atoms with van der Waals surface area (Å²) in [6.45, 7) is 2.10. The number of hydrogen-bond donors (Lipinski definition) is 0. The van der Waals surface area contributed by atoms with Gasteiger partial charge in [-0.05, 0) is 43.0 Å². The first kappa shape index (κ1) is 17.1. The third-order valence-electron chi connectivity index (χ3n) is 5.12. The first-order valence-electron chi connectivity index (χ1n) is 9.13. The number of ketones is 1. The van der Waals surface area contributed by atoms with Gasteiger partial charge in [0.25, 0.3) is 0 Å². The number of aryl methyl sites for hydroxylation is 2. The van der Waals surface area contributed by atoms with E-state index >= 15 is 0 Å². The number of Topliss-reactive ketones (excluding diaryl/α,β-unsaturated/α-hetero) is 1. The quantitative estimate of drug-likeness (QED) is 0.511. The Labute approximate surface area is 159 Å². The number of carbonyl (C=O) groups excluding carboxylic acids is 1. The van der Waals surface area contributed by atoms with E-state index in [0.29, 0.717) is 5.78 Å². The first-order chi connectivity index (χ1) is 12.7. The minimum absolute atomic E-state index is 0.0119. The van der Waals surface area contributed by atoms with Crippen molar-refractivity contribution in [2.45, 2.75) is 29.9 Å². The molecule has 26 heavy (non-hydrogen) atoms. The molecule has 1 nitrogen and oxygen atoms in total. The first-order valence-corrected chi connectivity index (χ1v) is 10.0. The molecule has 0 spiro atoms. The van der Waals surface area contributed by atoms with Crippen LogP contribution in [0, 0.1) is 12.8 Å². The van der Waals surface area contributed by atoms with E-state index in [9.17, 15) is 4.79 Å². The van der Waals surface area contributed by atoms with Crippen LogP contribution in [0.15, 0.2) is 83.8 Å². The van der Waals surface area contributed by atoms with E-state index in [1.54, 1.807) is 0 Å². The topological polar surface area (TPSA) is 17.1 Å². The van der Waals surface area contributed by atoms with Crippen molar-refractivity contribution < 1.29 is 4.79 Å². The largest absolute Gasteiger partial charge is 0.294 e. The van der Waals surface area contributed by atoms with E-state index in [4.69, 9.17) is 0 Å². The molecule has 0 N–H and O–H groups in total. The Morgan fingerprint density at radius 1 is 0.885 bits per heavy atom. The van der Waals surface area contributed by atoms with Gasteiger partial charge in [-0.15, -0.1) is 11.8 Å². The molecule has 2 atom stereocenters. The van der Waals surface area contributed by atoms with E-state index < -0.39 is 0 Å². The lowest BCUT2D eigenvalue weighted by Gasteiger charge is -2.30. The van der Waals surface area contributed by atoms with Gasteiger partial charge in [0.2, 0.25) is 0 Å². The fourth-order valence-corrected chi connectivity index (χ4v) is 5.02. The molecule has 1 aliphatic carbocycles. The molecule has 4 rings (SSSR count). The summed E-state index contributed by atoms with van der Waals surface area (Å²) in [6.07, 6.45) is 1.89. The molecule has 0 aliphatic heterocycles. The maximum atomic E-state index is 13.3. The molecule has 0 bridgehead atoms. The number of carbonyl (C=O) groups is 1. The Hall–Kier alpha value is -2.32. The Morgan fingerprint density at radius 3 is 2.35 bits per heavy atom. The van der Waals surface area contributed by atoms with Gasteiger partial charge < -0.3 is 0 Å². The van der Waals surface area contributed by atoms with Crippen molar-refractivity contribution in [2.24, 2.45) is 5.92 Å². The average Bonchev–Trinajstić information content (AvgIpc) is 2.69.